The van der Waals surface area contributed by atoms with E-state index in [4.69, 9.17) is 5.26 Å². The Morgan fingerprint density at radius 2 is 2.14 bits per heavy atom. The van der Waals surface area contributed by atoms with Crippen LogP contribution >= 0.6 is 0 Å². The van der Waals surface area contributed by atoms with Crippen molar-refractivity contribution in [1.82, 2.24) is 4.90 Å². The second-order valence-electron chi connectivity index (χ2n) is 5.49. The van der Waals surface area contributed by atoms with Crippen LogP contribution in [0.15, 0.2) is 18.2 Å². The molecular formula is C15H20N4O3. The van der Waals surface area contributed by atoms with Crippen molar-refractivity contribution in [2.45, 2.75) is 25.3 Å². The highest BCUT2D eigenvalue weighted by Crippen LogP contribution is 2.26. The largest absolute Gasteiger partial charge is 0.394 e. The number of aliphatic hydroxyl groups is 1. The predicted octanol–water partition coefficient (Wildman–Crippen LogP) is 1.73. The minimum atomic E-state index is -0.515. The van der Waals surface area contributed by atoms with Crippen LogP contribution in [-0.2, 0) is 0 Å². The van der Waals surface area contributed by atoms with E-state index >= 15 is 0 Å². The molecule has 22 heavy (non-hydrogen) atoms. The zero-order valence-electron chi connectivity index (χ0n) is 12.4. The second kappa shape index (κ2) is 7.73. The van der Waals surface area contributed by atoms with Crippen molar-refractivity contribution in [3.8, 4) is 6.07 Å². The third-order valence-corrected chi connectivity index (χ3v) is 3.83. The molecule has 0 spiro atoms. The van der Waals surface area contributed by atoms with E-state index in [9.17, 15) is 15.2 Å². The van der Waals surface area contributed by atoms with Crippen molar-refractivity contribution in [2.24, 2.45) is 0 Å². The van der Waals surface area contributed by atoms with Gasteiger partial charge in [-0.2, -0.15) is 5.26 Å². The molecule has 0 aromatic heterocycles. The van der Waals surface area contributed by atoms with Gasteiger partial charge in [-0.1, -0.05) is 6.42 Å². The molecule has 7 heteroatoms. The molecule has 0 saturated carbocycles. The summed E-state index contributed by atoms with van der Waals surface area (Å²) in [5, 5.41) is 32.5. The first-order valence-corrected chi connectivity index (χ1v) is 7.42. The van der Waals surface area contributed by atoms with Crippen LogP contribution in [0, 0.1) is 21.4 Å². The number of nitriles is 1. The van der Waals surface area contributed by atoms with Crippen molar-refractivity contribution in [1.29, 1.82) is 5.26 Å². The normalized spacial score (nSPS) is 16.7. The van der Waals surface area contributed by atoms with Crippen molar-refractivity contribution in [3.63, 3.8) is 0 Å². The number of benzene rings is 1. The Hall–Kier alpha value is -2.17. The lowest BCUT2D eigenvalue weighted by atomic mass is 10.1. The van der Waals surface area contributed by atoms with E-state index < -0.39 is 4.92 Å². The van der Waals surface area contributed by atoms with Gasteiger partial charge in [-0.25, -0.2) is 0 Å². The molecule has 0 amide bonds. The van der Waals surface area contributed by atoms with Crippen LogP contribution < -0.4 is 5.32 Å². The molecule has 1 atom stereocenters. The SMILES string of the molecule is N#Cc1ccc(N[C@@H](CO)CN2CCCCC2)c([N+](=O)[O-])c1. The number of likely N-dealkylation sites (tertiary alicyclic amines) is 1. The molecule has 1 saturated heterocycles. The molecule has 0 bridgehead atoms. The first kappa shape index (κ1) is 16.2. The topological polar surface area (TPSA) is 102 Å². The zero-order valence-corrected chi connectivity index (χ0v) is 12.4. The van der Waals surface area contributed by atoms with Gasteiger partial charge in [-0.15, -0.1) is 0 Å². The molecule has 118 valence electrons. The van der Waals surface area contributed by atoms with Crippen molar-refractivity contribution in [2.75, 3.05) is 31.6 Å². The fourth-order valence-electron chi connectivity index (χ4n) is 2.70. The summed E-state index contributed by atoms with van der Waals surface area (Å²) in [7, 11) is 0. The summed E-state index contributed by atoms with van der Waals surface area (Å²) in [6.45, 7) is 2.53. The van der Waals surface area contributed by atoms with E-state index in [0.717, 1.165) is 25.9 Å². The molecule has 0 aliphatic carbocycles. The summed E-state index contributed by atoms with van der Waals surface area (Å²) in [5.74, 6) is 0. The monoisotopic (exact) mass is 304 g/mol. The lowest BCUT2D eigenvalue weighted by Gasteiger charge is -2.30. The van der Waals surface area contributed by atoms with Gasteiger partial charge in [0.05, 0.1) is 29.2 Å². The lowest BCUT2D eigenvalue weighted by molar-refractivity contribution is -0.384. The summed E-state index contributed by atoms with van der Waals surface area (Å²) in [6.07, 6.45) is 3.53. The summed E-state index contributed by atoms with van der Waals surface area (Å²) in [4.78, 5) is 12.9. The summed E-state index contributed by atoms with van der Waals surface area (Å²) in [5.41, 5.74) is 0.435. The van der Waals surface area contributed by atoms with Crippen LogP contribution in [0.4, 0.5) is 11.4 Å². The van der Waals surface area contributed by atoms with E-state index in [-0.39, 0.29) is 23.9 Å². The Labute approximate surface area is 129 Å². The van der Waals surface area contributed by atoms with Gasteiger partial charge in [0.2, 0.25) is 0 Å². The molecule has 2 rings (SSSR count). The fraction of sp³-hybridized carbons (Fsp3) is 0.533. The lowest BCUT2D eigenvalue weighted by Crippen LogP contribution is -2.41. The third kappa shape index (κ3) is 4.16. The van der Waals surface area contributed by atoms with Crippen LogP contribution in [0.3, 0.4) is 0 Å². The highest BCUT2D eigenvalue weighted by Gasteiger charge is 2.20. The van der Waals surface area contributed by atoms with Crippen molar-refractivity contribution >= 4 is 11.4 Å². The molecule has 1 heterocycles. The molecule has 7 nitrogen and oxygen atoms in total. The number of nitrogens with one attached hydrogen (secondary N) is 1. The minimum absolute atomic E-state index is 0.104. The maximum atomic E-state index is 11.1. The van der Waals surface area contributed by atoms with Gasteiger partial charge in [0.1, 0.15) is 5.69 Å². The van der Waals surface area contributed by atoms with Crippen LogP contribution in [0.5, 0.6) is 0 Å². The van der Waals surface area contributed by atoms with Crippen LogP contribution in [0.1, 0.15) is 24.8 Å². The standard InChI is InChI=1S/C15H20N4O3/c16-9-12-4-5-14(15(8-12)19(21)22)17-13(11-20)10-18-6-2-1-3-7-18/h4-5,8,13,17,20H,1-3,6-7,10-11H2/t13-/m1/s1. The Kier molecular flexibility index (Phi) is 5.69. The van der Waals surface area contributed by atoms with Crippen molar-refractivity contribution < 1.29 is 10.0 Å². The minimum Gasteiger partial charge on any atom is -0.394 e. The Bertz CT molecular complexity index is 564. The highest BCUT2D eigenvalue weighted by molar-refractivity contribution is 5.64. The fourth-order valence-corrected chi connectivity index (χ4v) is 2.70. The summed E-state index contributed by atoms with van der Waals surface area (Å²) in [6, 6.07) is 5.92. The maximum absolute atomic E-state index is 11.1. The summed E-state index contributed by atoms with van der Waals surface area (Å²) < 4.78 is 0. The first-order valence-electron chi connectivity index (χ1n) is 7.42. The van der Waals surface area contributed by atoms with Gasteiger partial charge in [0.25, 0.3) is 5.69 Å². The van der Waals surface area contributed by atoms with E-state index in [0.29, 0.717) is 12.2 Å². The van der Waals surface area contributed by atoms with E-state index in [2.05, 4.69) is 10.2 Å². The maximum Gasteiger partial charge on any atom is 0.293 e. The molecule has 1 fully saturated rings. The van der Waals surface area contributed by atoms with Gasteiger partial charge >= 0.3 is 0 Å². The first-order chi connectivity index (χ1) is 10.6. The number of rotatable bonds is 6. The number of nitrogens with zero attached hydrogens (tertiary/aromatic N) is 3. The van der Waals surface area contributed by atoms with Crippen molar-refractivity contribution in [3.05, 3.63) is 33.9 Å². The van der Waals surface area contributed by atoms with E-state index in [1.54, 1.807) is 0 Å². The van der Waals surface area contributed by atoms with Gasteiger partial charge in [-0.3, -0.25) is 10.1 Å². The third-order valence-electron chi connectivity index (χ3n) is 3.83. The van der Waals surface area contributed by atoms with Gasteiger partial charge in [0, 0.05) is 12.6 Å². The van der Waals surface area contributed by atoms with Crippen LogP contribution in [-0.4, -0.2) is 47.2 Å². The highest BCUT2D eigenvalue weighted by atomic mass is 16.6. The number of aliphatic hydroxyl groups excluding tert-OH is 1. The zero-order chi connectivity index (χ0) is 15.9. The van der Waals surface area contributed by atoms with Gasteiger partial charge in [0.15, 0.2) is 0 Å². The number of piperidine rings is 1. The molecule has 2 N–H and O–H groups in total. The number of anilines is 1. The quantitative estimate of drug-likeness (QED) is 0.613. The second-order valence-corrected chi connectivity index (χ2v) is 5.49. The average Bonchev–Trinajstić information content (AvgIpc) is 2.55. The van der Waals surface area contributed by atoms with Gasteiger partial charge in [-0.05, 0) is 38.1 Å². The Morgan fingerprint density at radius 3 is 2.73 bits per heavy atom. The Morgan fingerprint density at radius 1 is 1.41 bits per heavy atom. The number of hydrogen-bond acceptors (Lipinski definition) is 6. The smallest absolute Gasteiger partial charge is 0.293 e. The Balaban J connectivity index is 2.09. The van der Waals surface area contributed by atoms with Crippen LogP contribution in [0.2, 0.25) is 0 Å². The molecular weight excluding hydrogens is 284 g/mol. The molecule has 1 aliphatic heterocycles. The average molecular weight is 304 g/mol. The predicted molar refractivity (Wildman–Crippen MR) is 82.6 cm³/mol. The number of nitro groups is 1. The van der Waals surface area contributed by atoms with Crippen LogP contribution in [0.25, 0.3) is 0 Å². The molecule has 1 aliphatic rings. The van der Waals surface area contributed by atoms with E-state index in [1.807, 2.05) is 6.07 Å². The molecule has 0 radical (unpaired) electrons. The number of hydrogen-bond donors (Lipinski definition) is 2. The molecule has 0 unspecified atom stereocenters. The molecule has 1 aromatic carbocycles. The molecule has 1 aromatic rings. The van der Waals surface area contributed by atoms with Gasteiger partial charge < -0.3 is 15.3 Å². The number of nitro benzene ring substituents is 1. The van der Waals surface area contributed by atoms with E-state index in [1.165, 1.54) is 24.6 Å². The summed E-state index contributed by atoms with van der Waals surface area (Å²) >= 11 is 0.